The Bertz CT molecular complexity index is 1140. The normalized spacial score (nSPS) is 12.7. The molecule has 0 amide bonds. The van der Waals surface area contributed by atoms with Gasteiger partial charge < -0.3 is 14.0 Å². The van der Waals surface area contributed by atoms with Gasteiger partial charge in [0.1, 0.15) is 10.6 Å². The quantitative estimate of drug-likeness (QED) is 0.471. The van der Waals surface area contributed by atoms with Gasteiger partial charge in [0.15, 0.2) is 11.5 Å². The Morgan fingerprint density at radius 2 is 2.03 bits per heavy atom. The van der Waals surface area contributed by atoms with Gasteiger partial charge in [0.05, 0.1) is 19.8 Å². The van der Waals surface area contributed by atoms with Crippen LogP contribution in [0.3, 0.4) is 0 Å². The van der Waals surface area contributed by atoms with Gasteiger partial charge in [-0.05, 0) is 42.5 Å². The zero-order chi connectivity index (χ0) is 22.6. The number of benzene rings is 1. The summed E-state index contributed by atoms with van der Waals surface area (Å²) >= 11 is 1.49. The van der Waals surface area contributed by atoms with Crippen molar-refractivity contribution in [2.45, 2.75) is 31.7 Å². The van der Waals surface area contributed by atoms with Crippen LogP contribution in [0.5, 0.6) is 5.75 Å². The van der Waals surface area contributed by atoms with Gasteiger partial charge in [0.2, 0.25) is 10.0 Å². The second kappa shape index (κ2) is 9.63. The van der Waals surface area contributed by atoms with Crippen molar-refractivity contribution < 1.29 is 27.2 Å². The average molecular weight is 465 g/mol. The van der Waals surface area contributed by atoms with E-state index in [4.69, 9.17) is 14.0 Å². The van der Waals surface area contributed by atoms with Crippen LogP contribution in [0.25, 0.3) is 11.3 Å². The van der Waals surface area contributed by atoms with Crippen LogP contribution in [-0.2, 0) is 14.8 Å². The maximum atomic E-state index is 13.3. The monoisotopic (exact) mass is 464 g/mol. The molecule has 0 bridgehead atoms. The largest absolute Gasteiger partial charge is 0.495 e. The Labute approximate surface area is 185 Å². The van der Waals surface area contributed by atoms with E-state index < -0.39 is 16.0 Å². The van der Waals surface area contributed by atoms with Crippen LogP contribution < -0.4 is 9.46 Å². The summed E-state index contributed by atoms with van der Waals surface area (Å²) in [7, 11) is -2.54. The molecule has 1 aromatic carbocycles. The first kappa shape index (κ1) is 23.0. The number of rotatable bonds is 9. The van der Waals surface area contributed by atoms with Gasteiger partial charge in [-0.1, -0.05) is 25.1 Å². The number of hydrogen-bond donors (Lipinski definition) is 1. The van der Waals surface area contributed by atoms with E-state index in [1.807, 2.05) is 31.4 Å². The third kappa shape index (κ3) is 5.15. The number of nitrogens with one attached hydrogen (secondary N) is 1. The van der Waals surface area contributed by atoms with E-state index in [1.165, 1.54) is 36.6 Å². The lowest BCUT2D eigenvalue weighted by molar-refractivity contribution is 0.0514. The Hall–Kier alpha value is -2.69. The summed E-state index contributed by atoms with van der Waals surface area (Å²) in [6.07, 6.45) is 0. The molecule has 0 aliphatic carbocycles. The van der Waals surface area contributed by atoms with Crippen molar-refractivity contribution in [3.05, 3.63) is 52.3 Å². The van der Waals surface area contributed by atoms with E-state index in [9.17, 15) is 13.2 Å². The Balaban J connectivity index is 1.97. The molecule has 0 saturated carbocycles. The summed E-state index contributed by atoms with van der Waals surface area (Å²) in [6, 6.07) is 9.40. The highest BCUT2D eigenvalue weighted by atomic mass is 32.2. The molecule has 0 fully saturated rings. The molecule has 2 heterocycles. The lowest BCUT2D eigenvalue weighted by atomic mass is 10.0. The molecule has 0 aliphatic rings. The van der Waals surface area contributed by atoms with Gasteiger partial charge in [-0.2, -0.15) is 0 Å². The van der Waals surface area contributed by atoms with E-state index in [1.54, 1.807) is 13.0 Å². The number of nitrogens with zero attached hydrogens (tertiary/aromatic N) is 1. The molecule has 3 rings (SSSR count). The topological polar surface area (TPSA) is 108 Å². The molecule has 3 aromatic rings. The van der Waals surface area contributed by atoms with E-state index in [0.717, 1.165) is 4.88 Å². The molecule has 0 spiro atoms. The van der Waals surface area contributed by atoms with Crippen molar-refractivity contribution in [1.82, 2.24) is 9.88 Å². The highest BCUT2D eigenvalue weighted by molar-refractivity contribution is 7.89. The van der Waals surface area contributed by atoms with Crippen molar-refractivity contribution >= 4 is 27.3 Å². The number of aromatic nitrogens is 1. The number of esters is 1. The summed E-state index contributed by atoms with van der Waals surface area (Å²) in [5.41, 5.74) is 0.439. The van der Waals surface area contributed by atoms with E-state index in [0.29, 0.717) is 5.56 Å². The minimum atomic E-state index is -3.94. The number of carbonyl (C=O) groups is 1. The van der Waals surface area contributed by atoms with Crippen molar-refractivity contribution in [3.8, 4) is 17.1 Å². The third-order valence-electron chi connectivity index (χ3n) is 4.53. The van der Waals surface area contributed by atoms with Crippen LogP contribution in [0.1, 0.15) is 42.2 Å². The zero-order valence-corrected chi connectivity index (χ0v) is 19.2. The lowest BCUT2D eigenvalue weighted by Gasteiger charge is -2.22. The molecule has 31 heavy (non-hydrogen) atoms. The maximum absolute atomic E-state index is 13.3. The van der Waals surface area contributed by atoms with Crippen LogP contribution >= 0.6 is 11.3 Å². The Morgan fingerprint density at radius 3 is 2.65 bits per heavy atom. The molecule has 0 saturated heterocycles. The van der Waals surface area contributed by atoms with Crippen molar-refractivity contribution in [1.29, 1.82) is 0 Å². The summed E-state index contributed by atoms with van der Waals surface area (Å²) in [5.74, 6) is -0.156. The standard InChI is InChI=1S/C21H24N2O6S2/c1-5-28-21(24)15-12-17(29-22-15)14-8-9-16(27-4)19(11-14)31(25,26)23-20(13(2)3)18-7-6-10-30-18/h6-13,20,23H,5H2,1-4H3. The first-order valence-corrected chi connectivity index (χ1v) is 12.0. The van der Waals surface area contributed by atoms with E-state index >= 15 is 0 Å². The minimum absolute atomic E-state index is 0.00719. The van der Waals surface area contributed by atoms with Crippen molar-refractivity contribution in [3.63, 3.8) is 0 Å². The number of sulfonamides is 1. The fourth-order valence-corrected chi connectivity index (χ4v) is 5.56. The summed E-state index contributed by atoms with van der Waals surface area (Å²) < 4.78 is 44.8. The highest BCUT2D eigenvalue weighted by Gasteiger charge is 2.28. The van der Waals surface area contributed by atoms with Gasteiger partial charge >= 0.3 is 5.97 Å². The molecule has 166 valence electrons. The van der Waals surface area contributed by atoms with Crippen LogP contribution in [0, 0.1) is 5.92 Å². The van der Waals surface area contributed by atoms with Gasteiger partial charge in [-0.25, -0.2) is 17.9 Å². The predicted octanol–water partition coefficient (Wildman–Crippen LogP) is 4.26. The summed E-state index contributed by atoms with van der Waals surface area (Å²) in [4.78, 5) is 12.7. The van der Waals surface area contributed by atoms with Crippen molar-refractivity contribution in [2.75, 3.05) is 13.7 Å². The molecule has 8 nitrogen and oxygen atoms in total. The van der Waals surface area contributed by atoms with E-state index in [2.05, 4.69) is 9.88 Å². The fourth-order valence-electron chi connectivity index (χ4n) is 2.97. The highest BCUT2D eigenvalue weighted by Crippen LogP contribution is 2.33. The number of carbonyl (C=O) groups excluding carboxylic acids is 1. The van der Waals surface area contributed by atoms with E-state index in [-0.39, 0.29) is 40.7 Å². The van der Waals surface area contributed by atoms with Crippen molar-refractivity contribution in [2.24, 2.45) is 5.92 Å². The summed E-state index contributed by atoms with van der Waals surface area (Å²) in [5, 5.41) is 5.61. The van der Waals surface area contributed by atoms with Gasteiger partial charge in [0, 0.05) is 16.5 Å². The zero-order valence-electron chi connectivity index (χ0n) is 17.6. The molecule has 10 heteroatoms. The molecule has 1 N–H and O–H groups in total. The van der Waals surface area contributed by atoms with Gasteiger partial charge in [0.25, 0.3) is 0 Å². The number of ether oxygens (including phenoxy) is 2. The lowest BCUT2D eigenvalue weighted by Crippen LogP contribution is -2.31. The molecular formula is C21H24N2O6S2. The first-order valence-electron chi connectivity index (χ1n) is 9.64. The second-order valence-corrected chi connectivity index (χ2v) is 9.68. The average Bonchev–Trinajstić information content (AvgIpc) is 3.44. The molecule has 1 atom stereocenters. The maximum Gasteiger partial charge on any atom is 0.360 e. The number of thiophene rings is 1. The van der Waals surface area contributed by atoms with Crippen LogP contribution in [0.2, 0.25) is 0 Å². The van der Waals surface area contributed by atoms with Crippen LogP contribution in [0.4, 0.5) is 0 Å². The molecule has 0 aliphatic heterocycles. The first-order chi connectivity index (χ1) is 14.8. The molecule has 2 aromatic heterocycles. The fraction of sp³-hybridized carbons (Fsp3) is 0.333. The molecule has 1 unspecified atom stereocenters. The smallest absolute Gasteiger partial charge is 0.360 e. The predicted molar refractivity (Wildman–Crippen MR) is 117 cm³/mol. The SMILES string of the molecule is CCOC(=O)c1cc(-c2ccc(OC)c(S(=O)(=O)NC(c3cccs3)C(C)C)c2)on1. The summed E-state index contributed by atoms with van der Waals surface area (Å²) in [6.45, 7) is 5.80. The number of hydrogen-bond acceptors (Lipinski definition) is 8. The number of methoxy groups -OCH3 is 1. The second-order valence-electron chi connectivity index (χ2n) is 7.02. The van der Waals surface area contributed by atoms with Gasteiger partial charge in [-0.3, -0.25) is 0 Å². The third-order valence-corrected chi connectivity index (χ3v) is 6.95. The molecule has 0 radical (unpaired) electrons. The Kier molecular flexibility index (Phi) is 7.14. The molecular weight excluding hydrogens is 440 g/mol. The van der Waals surface area contributed by atoms with Crippen LogP contribution in [0.15, 0.2) is 51.2 Å². The van der Waals surface area contributed by atoms with Crippen LogP contribution in [-0.4, -0.2) is 33.3 Å². The minimum Gasteiger partial charge on any atom is -0.495 e. The Morgan fingerprint density at radius 1 is 1.26 bits per heavy atom. The van der Waals surface area contributed by atoms with Gasteiger partial charge in [-0.15, -0.1) is 11.3 Å².